The van der Waals surface area contributed by atoms with Gasteiger partial charge >= 0.3 is 0 Å². The number of carbonyl (C=O) groups excluding carboxylic acids is 1. The summed E-state index contributed by atoms with van der Waals surface area (Å²) in [5.74, 6) is -0.0596. The molecule has 3 rings (SSSR count). The third-order valence-electron chi connectivity index (χ3n) is 3.59. The van der Waals surface area contributed by atoms with Crippen LogP contribution in [0.25, 0.3) is 22.3 Å². The fraction of sp³-hybridized carbons (Fsp3) is 0.105. The Morgan fingerprint density at radius 3 is 2.61 bits per heavy atom. The fourth-order valence-corrected chi connectivity index (χ4v) is 2.47. The number of aromatic nitrogens is 2. The van der Waals surface area contributed by atoms with E-state index < -0.39 is 0 Å². The Morgan fingerprint density at radius 2 is 1.87 bits per heavy atom. The lowest BCUT2D eigenvalue weighted by atomic mass is 10.0. The molecule has 0 saturated heterocycles. The molecule has 0 radical (unpaired) electrons. The van der Waals surface area contributed by atoms with E-state index in [0.29, 0.717) is 5.69 Å². The van der Waals surface area contributed by atoms with Crippen molar-refractivity contribution >= 4 is 16.8 Å². The zero-order valence-electron chi connectivity index (χ0n) is 12.6. The molecule has 0 bridgehead atoms. The number of benzene rings is 2. The molecule has 0 aliphatic rings. The Labute approximate surface area is 134 Å². The summed E-state index contributed by atoms with van der Waals surface area (Å²) in [5, 5.41) is 9.46. The maximum atomic E-state index is 11.6. The van der Waals surface area contributed by atoms with Gasteiger partial charge in [0.25, 0.3) is 0 Å². The number of aliphatic hydroxyl groups is 1. The molecule has 4 nitrogen and oxygen atoms in total. The van der Waals surface area contributed by atoms with Gasteiger partial charge in [0.05, 0.1) is 29.5 Å². The normalized spacial score (nSPS) is 10.7. The Balaban J connectivity index is 2.07. The number of aliphatic hydroxyl groups excluding tert-OH is 1. The van der Waals surface area contributed by atoms with Crippen LogP contribution in [0.15, 0.2) is 61.3 Å². The van der Waals surface area contributed by atoms with Crippen molar-refractivity contribution in [2.45, 2.75) is 13.0 Å². The minimum atomic E-state index is -0.0931. The van der Waals surface area contributed by atoms with Crippen LogP contribution in [-0.2, 0) is 17.8 Å². The van der Waals surface area contributed by atoms with Crippen molar-refractivity contribution in [1.29, 1.82) is 0 Å². The second-order valence-electron chi connectivity index (χ2n) is 5.29. The summed E-state index contributed by atoms with van der Waals surface area (Å²) in [5.41, 5.74) is 4.75. The molecule has 0 saturated carbocycles. The van der Waals surface area contributed by atoms with Crippen LogP contribution in [0.2, 0.25) is 0 Å². The van der Waals surface area contributed by atoms with Gasteiger partial charge in [-0.05, 0) is 41.5 Å². The van der Waals surface area contributed by atoms with Crippen LogP contribution in [0.4, 0.5) is 0 Å². The highest BCUT2D eigenvalue weighted by molar-refractivity contribution is 5.91. The quantitative estimate of drug-likeness (QED) is 0.736. The van der Waals surface area contributed by atoms with Gasteiger partial charge in [-0.2, -0.15) is 0 Å². The number of hydrogen-bond donors (Lipinski definition) is 1. The monoisotopic (exact) mass is 304 g/mol. The summed E-state index contributed by atoms with van der Waals surface area (Å²) in [7, 11) is 0. The molecule has 3 aromatic rings. The minimum Gasteiger partial charge on any atom is -0.392 e. The molecule has 0 aliphatic heterocycles. The van der Waals surface area contributed by atoms with Crippen molar-refractivity contribution in [1.82, 2.24) is 9.97 Å². The fourth-order valence-electron chi connectivity index (χ4n) is 2.47. The van der Waals surface area contributed by atoms with Gasteiger partial charge in [0.2, 0.25) is 0 Å². The lowest BCUT2D eigenvalue weighted by Crippen LogP contribution is -2.00. The third kappa shape index (κ3) is 3.33. The predicted molar refractivity (Wildman–Crippen MR) is 89.8 cm³/mol. The van der Waals surface area contributed by atoms with Crippen molar-refractivity contribution in [3.05, 3.63) is 72.4 Å². The average molecular weight is 304 g/mol. The van der Waals surface area contributed by atoms with Crippen molar-refractivity contribution in [2.24, 2.45) is 0 Å². The van der Waals surface area contributed by atoms with E-state index in [1.807, 2.05) is 42.5 Å². The standard InChI is InChI=1S/C19H16N2O2/c1-2-16(23)10-13-7-14(12-22)9-15(8-13)19-11-20-17-5-3-4-6-18(17)21-19/h2-9,11,22H,1,10,12H2. The topological polar surface area (TPSA) is 63.1 Å². The summed E-state index contributed by atoms with van der Waals surface area (Å²) in [6.45, 7) is 3.40. The first-order valence-corrected chi connectivity index (χ1v) is 7.31. The molecule has 0 amide bonds. The molecule has 0 aliphatic carbocycles. The Kier molecular flexibility index (Phi) is 4.26. The van der Waals surface area contributed by atoms with Crippen LogP contribution >= 0.6 is 0 Å². The second kappa shape index (κ2) is 6.50. The highest BCUT2D eigenvalue weighted by atomic mass is 16.3. The first-order valence-electron chi connectivity index (χ1n) is 7.31. The van der Waals surface area contributed by atoms with Gasteiger partial charge in [-0.25, -0.2) is 4.98 Å². The molecule has 1 aromatic heterocycles. The highest BCUT2D eigenvalue weighted by Gasteiger charge is 2.08. The number of rotatable bonds is 5. The molecule has 0 atom stereocenters. The largest absolute Gasteiger partial charge is 0.392 e. The molecule has 1 N–H and O–H groups in total. The zero-order chi connectivity index (χ0) is 16.2. The van der Waals surface area contributed by atoms with Crippen LogP contribution in [0.3, 0.4) is 0 Å². The zero-order valence-corrected chi connectivity index (χ0v) is 12.6. The van der Waals surface area contributed by atoms with E-state index in [1.165, 1.54) is 6.08 Å². The Morgan fingerprint density at radius 1 is 1.13 bits per heavy atom. The molecule has 0 spiro atoms. The van der Waals surface area contributed by atoms with Gasteiger partial charge in [-0.15, -0.1) is 0 Å². The molecule has 4 heteroatoms. The summed E-state index contributed by atoms with van der Waals surface area (Å²) < 4.78 is 0. The number of fused-ring (bicyclic) bond motifs is 1. The first-order chi connectivity index (χ1) is 11.2. The van der Waals surface area contributed by atoms with Gasteiger partial charge in [-0.1, -0.05) is 24.8 Å². The lowest BCUT2D eigenvalue weighted by molar-refractivity contribution is -0.114. The van der Waals surface area contributed by atoms with Crippen LogP contribution < -0.4 is 0 Å². The summed E-state index contributed by atoms with van der Waals surface area (Å²) in [4.78, 5) is 20.6. The number of para-hydroxylation sites is 2. The van der Waals surface area contributed by atoms with E-state index >= 15 is 0 Å². The van der Waals surface area contributed by atoms with Crippen LogP contribution in [0.5, 0.6) is 0 Å². The molecule has 0 unspecified atom stereocenters. The van der Waals surface area contributed by atoms with E-state index in [2.05, 4.69) is 16.5 Å². The third-order valence-corrected chi connectivity index (χ3v) is 3.59. The average Bonchev–Trinajstić information content (AvgIpc) is 2.60. The molecule has 23 heavy (non-hydrogen) atoms. The van der Waals surface area contributed by atoms with Crippen molar-refractivity contribution in [3.63, 3.8) is 0 Å². The van der Waals surface area contributed by atoms with Crippen molar-refractivity contribution in [2.75, 3.05) is 0 Å². The maximum Gasteiger partial charge on any atom is 0.159 e. The van der Waals surface area contributed by atoms with E-state index in [-0.39, 0.29) is 18.8 Å². The maximum absolute atomic E-state index is 11.6. The van der Waals surface area contributed by atoms with Crippen LogP contribution in [0.1, 0.15) is 11.1 Å². The number of carbonyl (C=O) groups is 1. The van der Waals surface area contributed by atoms with E-state index in [1.54, 1.807) is 6.20 Å². The first kappa shape index (κ1) is 15.1. The number of ketones is 1. The van der Waals surface area contributed by atoms with Crippen LogP contribution in [0, 0.1) is 0 Å². The van der Waals surface area contributed by atoms with E-state index in [9.17, 15) is 9.90 Å². The van der Waals surface area contributed by atoms with Gasteiger partial charge in [-0.3, -0.25) is 9.78 Å². The van der Waals surface area contributed by atoms with Gasteiger partial charge in [0, 0.05) is 12.0 Å². The number of hydrogen-bond acceptors (Lipinski definition) is 4. The minimum absolute atomic E-state index is 0.0596. The second-order valence-corrected chi connectivity index (χ2v) is 5.29. The smallest absolute Gasteiger partial charge is 0.159 e. The Hall–Kier alpha value is -2.85. The summed E-state index contributed by atoms with van der Waals surface area (Å²) >= 11 is 0. The lowest BCUT2D eigenvalue weighted by Gasteiger charge is -2.08. The molecular weight excluding hydrogens is 288 g/mol. The van der Waals surface area contributed by atoms with Crippen molar-refractivity contribution in [3.8, 4) is 11.3 Å². The van der Waals surface area contributed by atoms with Crippen molar-refractivity contribution < 1.29 is 9.90 Å². The highest BCUT2D eigenvalue weighted by Crippen LogP contribution is 2.23. The van der Waals surface area contributed by atoms with E-state index in [4.69, 9.17) is 0 Å². The number of nitrogens with zero attached hydrogens (tertiary/aromatic N) is 2. The molecule has 0 fully saturated rings. The van der Waals surface area contributed by atoms with Crippen LogP contribution in [-0.4, -0.2) is 20.9 Å². The molecule has 1 heterocycles. The Bertz CT molecular complexity index is 887. The predicted octanol–water partition coefficient (Wildman–Crippen LogP) is 3.09. The molecule has 2 aromatic carbocycles. The SMILES string of the molecule is C=CC(=O)Cc1cc(CO)cc(-c2cnc3ccccc3n2)c1. The van der Waals surface area contributed by atoms with Gasteiger partial charge < -0.3 is 5.11 Å². The number of allylic oxidation sites excluding steroid dienone is 1. The summed E-state index contributed by atoms with van der Waals surface area (Å²) in [6.07, 6.45) is 3.27. The molecule has 114 valence electrons. The van der Waals surface area contributed by atoms with Gasteiger partial charge in [0.1, 0.15) is 0 Å². The molecular formula is C19H16N2O2. The van der Waals surface area contributed by atoms with Gasteiger partial charge in [0.15, 0.2) is 5.78 Å². The summed E-state index contributed by atoms with van der Waals surface area (Å²) in [6, 6.07) is 13.2. The van der Waals surface area contributed by atoms with E-state index in [0.717, 1.165) is 27.7 Å².